The molecule has 146 valence electrons. The average Bonchev–Trinajstić information content (AvgIpc) is 3.04. The van der Waals surface area contributed by atoms with E-state index in [0.29, 0.717) is 13.0 Å². The molecule has 2 rings (SSSR count). The van der Waals surface area contributed by atoms with E-state index in [4.69, 9.17) is 0 Å². The van der Waals surface area contributed by atoms with Gasteiger partial charge in [-0.05, 0) is 44.5 Å². The number of carbonyl (C=O) groups is 2. The lowest BCUT2D eigenvalue weighted by atomic mass is 10.1. The first kappa shape index (κ1) is 23.9. The Labute approximate surface area is 159 Å². The topological polar surface area (TPSA) is 52.6 Å². The van der Waals surface area contributed by atoms with Crippen molar-refractivity contribution in [3.63, 3.8) is 0 Å². The number of likely N-dealkylation sites (N-methyl/N-ethyl adjacent to an activating group) is 1. The number of nitrogens with one attached hydrogen (secondary N) is 1. The second kappa shape index (κ2) is 13.1. The lowest BCUT2D eigenvalue weighted by Crippen LogP contribution is -2.48. The summed E-state index contributed by atoms with van der Waals surface area (Å²) in [5.74, 6) is -0.202. The van der Waals surface area contributed by atoms with Crippen molar-refractivity contribution in [2.75, 3.05) is 26.2 Å². The minimum atomic E-state index is -0.330. The van der Waals surface area contributed by atoms with Crippen LogP contribution in [0.2, 0.25) is 0 Å². The van der Waals surface area contributed by atoms with E-state index in [1.807, 2.05) is 40.7 Å². The summed E-state index contributed by atoms with van der Waals surface area (Å²) < 4.78 is 0. The lowest BCUT2D eigenvalue weighted by molar-refractivity contribution is -0.121. The van der Waals surface area contributed by atoms with E-state index in [1.54, 1.807) is 11.0 Å². The molecule has 0 aromatic carbocycles. The first-order chi connectivity index (χ1) is 12.5. The van der Waals surface area contributed by atoms with Gasteiger partial charge < -0.3 is 0 Å². The largest absolute Gasteiger partial charge is 0.328 e. The quantitative estimate of drug-likeness (QED) is 0.764. The molecule has 0 aliphatic carbocycles. The third-order valence-electron chi connectivity index (χ3n) is 3.98. The van der Waals surface area contributed by atoms with Gasteiger partial charge in [0.25, 0.3) is 0 Å². The van der Waals surface area contributed by atoms with E-state index in [0.717, 1.165) is 25.3 Å². The van der Waals surface area contributed by atoms with Crippen molar-refractivity contribution in [3.8, 4) is 0 Å². The Bertz CT molecular complexity index is 574. The van der Waals surface area contributed by atoms with Gasteiger partial charge in [0.2, 0.25) is 5.91 Å². The summed E-state index contributed by atoms with van der Waals surface area (Å²) in [4.78, 5) is 27.2. The minimum absolute atomic E-state index is 0.202. The van der Waals surface area contributed by atoms with Crippen LogP contribution >= 0.6 is 0 Å². The molecule has 2 heterocycles. The highest BCUT2D eigenvalue weighted by Crippen LogP contribution is 2.24. The van der Waals surface area contributed by atoms with E-state index in [2.05, 4.69) is 35.9 Å². The highest BCUT2D eigenvalue weighted by atomic mass is 16.2. The zero-order valence-corrected chi connectivity index (χ0v) is 17.3. The third-order valence-corrected chi connectivity index (χ3v) is 3.98. The molecule has 0 saturated carbocycles. The van der Waals surface area contributed by atoms with E-state index < -0.39 is 0 Å². The molecule has 0 aromatic rings. The zero-order valence-electron chi connectivity index (χ0n) is 17.3. The first-order valence-electron chi connectivity index (χ1n) is 9.43. The van der Waals surface area contributed by atoms with Crippen LogP contribution in [-0.4, -0.2) is 47.9 Å². The van der Waals surface area contributed by atoms with Gasteiger partial charge in [-0.15, -0.1) is 6.58 Å². The number of amides is 3. The first-order valence-corrected chi connectivity index (χ1v) is 9.43. The number of hydrogen-bond acceptors (Lipinski definition) is 3. The molecule has 1 N–H and O–H groups in total. The van der Waals surface area contributed by atoms with Crippen LogP contribution in [0, 0.1) is 0 Å². The van der Waals surface area contributed by atoms with Crippen molar-refractivity contribution in [2.24, 2.45) is 0 Å². The number of nitrogens with zero attached hydrogens (tertiary/aromatic N) is 2. The van der Waals surface area contributed by atoms with Crippen molar-refractivity contribution in [2.45, 2.75) is 48.0 Å². The summed E-state index contributed by atoms with van der Waals surface area (Å²) in [7, 11) is 0. The normalized spacial score (nSPS) is 21.0. The van der Waals surface area contributed by atoms with Crippen LogP contribution in [0.5, 0.6) is 0 Å². The molecular formula is C21H35N3O2. The molecule has 5 nitrogen and oxygen atoms in total. The summed E-state index contributed by atoms with van der Waals surface area (Å²) >= 11 is 0. The van der Waals surface area contributed by atoms with Crippen LogP contribution in [0.3, 0.4) is 0 Å². The van der Waals surface area contributed by atoms with Gasteiger partial charge in [-0.3, -0.25) is 19.9 Å². The Morgan fingerprint density at radius 1 is 1.15 bits per heavy atom. The maximum atomic E-state index is 11.9. The van der Waals surface area contributed by atoms with Crippen LogP contribution in [0.4, 0.5) is 4.79 Å². The zero-order chi connectivity index (χ0) is 20.1. The van der Waals surface area contributed by atoms with Gasteiger partial charge in [0, 0.05) is 31.8 Å². The van der Waals surface area contributed by atoms with Crippen molar-refractivity contribution in [1.29, 1.82) is 0 Å². The van der Waals surface area contributed by atoms with Crippen LogP contribution in [-0.2, 0) is 4.79 Å². The molecule has 5 heteroatoms. The molecule has 0 radical (unpaired) electrons. The van der Waals surface area contributed by atoms with Crippen LogP contribution < -0.4 is 5.32 Å². The van der Waals surface area contributed by atoms with E-state index in [9.17, 15) is 9.59 Å². The molecule has 0 spiro atoms. The van der Waals surface area contributed by atoms with Gasteiger partial charge in [-0.25, -0.2) is 4.79 Å². The van der Waals surface area contributed by atoms with Gasteiger partial charge in [0.05, 0.1) is 0 Å². The second-order valence-corrected chi connectivity index (χ2v) is 5.66. The van der Waals surface area contributed by atoms with E-state index in [-0.39, 0.29) is 11.9 Å². The molecule has 2 fully saturated rings. The molecular weight excluding hydrogens is 326 g/mol. The summed E-state index contributed by atoms with van der Waals surface area (Å²) in [6, 6.07) is -0.330. The van der Waals surface area contributed by atoms with Gasteiger partial charge >= 0.3 is 6.03 Å². The van der Waals surface area contributed by atoms with Crippen molar-refractivity contribution in [3.05, 3.63) is 47.7 Å². The van der Waals surface area contributed by atoms with Crippen LogP contribution in [0.25, 0.3) is 0 Å². The third kappa shape index (κ3) is 7.00. The molecule has 0 aromatic heterocycles. The van der Waals surface area contributed by atoms with Crippen molar-refractivity contribution >= 4 is 11.9 Å². The SMILES string of the molecule is C/C=C1/CN(CC)C/C1=C/C(=C\C)N1CCC(=O)NC1=O.C=CC.CC. The van der Waals surface area contributed by atoms with Gasteiger partial charge in [-0.2, -0.15) is 0 Å². The number of rotatable bonds is 3. The lowest BCUT2D eigenvalue weighted by Gasteiger charge is -2.27. The molecule has 0 atom stereocenters. The van der Waals surface area contributed by atoms with Crippen LogP contribution in [0.1, 0.15) is 48.0 Å². The average molecular weight is 362 g/mol. The molecule has 2 aliphatic heterocycles. The Balaban J connectivity index is 0.00000113. The van der Waals surface area contributed by atoms with Gasteiger partial charge in [0.15, 0.2) is 0 Å². The maximum absolute atomic E-state index is 11.9. The molecule has 26 heavy (non-hydrogen) atoms. The highest BCUT2D eigenvalue weighted by molar-refractivity contribution is 5.97. The Morgan fingerprint density at radius 3 is 2.19 bits per heavy atom. The molecule has 2 saturated heterocycles. The Kier molecular flexibility index (Phi) is 12.0. The molecule has 0 unspecified atom stereocenters. The fraction of sp³-hybridized carbons (Fsp3) is 0.524. The highest BCUT2D eigenvalue weighted by Gasteiger charge is 2.26. The fourth-order valence-electron chi connectivity index (χ4n) is 2.69. The Morgan fingerprint density at radius 2 is 1.73 bits per heavy atom. The predicted molar refractivity (Wildman–Crippen MR) is 110 cm³/mol. The molecule has 3 amide bonds. The summed E-state index contributed by atoms with van der Waals surface area (Å²) in [6.07, 6.45) is 8.23. The Hall–Kier alpha value is -2.14. The van der Waals surface area contributed by atoms with Gasteiger partial charge in [-0.1, -0.05) is 39.0 Å². The minimum Gasteiger partial charge on any atom is -0.295 e. The number of imide groups is 1. The fourth-order valence-corrected chi connectivity index (χ4v) is 2.69. The number of urea groups is 1. The van der Waals surface area contributed by atoms with Crippen molar-refractivity contribution in [1.82, 2.24) is 15.1 Å². The number of allylic oxidation sites excluding steroid dienone is 4. The van der Waals surface area contributed by atoms with E-state index in [1.165, 1.54) is 11.1 Å². The number of hydrogen-bond donors (Lipinski definition) is 1. The standard InChI is InChI=1S/C16H23N3O2.C3H6.C2H6/c1-4-12-10-18(6-3)11-13(12)9-14(5-2)19-8-7-15(20)17-16(19)21;1-3-2;1-2/h4-5,9H,6-8,10-11H2,1-3H3,(H,17,20,21);3H,1H2,2H3;1-2H3/b12-4-,13-9-,14-5+;;. The van der Waals surface area contributed by atoms with Crippen molar-refractivity contribution < 1.29 is 9.59 Å². The maximum Gasteiger partial charge on any atom is 0.328 e. The van der Waals surface area contributed by atoms with Gasteiger partial charge in [0.1, 0.15) is 0 Å². The summed E-state index contributed by atoms with van der Waals surface area (Å²) in [6.45, 7) is 18.7. The second-order valence-electron chi connectivity index (χ2n) is 5.66. The molecule has 2 aliphatic rings. The van der Waals surface area contributed by atoms with Crippen LogP contribution in [0.15, 0.2) is 47.7 Å². The smallest absolute Gasteiger partial charge is 0.295 e. The number of likely N-dealkylation sites (tertiary alicyclic amines) is 1. The summed E-state index contributed by atoms with van der Waals surface area (Å²) in [5, 5.41) is 2.37. The predicted octanol–water partition coefficient (Wildman–Crippen LogP) is 4.26. The van der Waals surface area contributed by atoms with E-state index >= 15 is 0 Å². The molecule has 0 bridgehead atoms. The summed E-state index contributed by atoms with van der Waals surface area (Å²) in [5.41, 5.74) is 3.41. The number of carbonyl (C=O) groups excluding carboxylic acids is 2. The monoisotopic (exact) mass is 361 g/mol.